The lowest BCUT2D eigenvalue weighted by Gasteiger charge is -2.09. The van der Waals surface area contributed by atoms with Crippen LogP contribution in [0.1, 0.15) is 5.56 Å². The van der Waals surface area contributed by atoms with Crippen LogP contribution in [-0.4, -0.2) is 24.9 Å². The van der Waals surface area contributed by atoms with Crippen LogP contribution in [0.5, 0.6) is 5.75 Å². The van der Waals surface area contributed by atoms with Crippen molar-refractivity contribution in [2.75, 3.05) is 13.7 Å². The van der Waals surface area contributed by atoms with E-state index in [1.165, 1.54) is 0 Å². The zero-order valence-corrected chi connectivity index (χ0v) is 9.89. The molecule has 2 aromatic carbocycles. The van der Waals surface area contributed by atoms with Crippen molar-refractivity contribution in [3.05, 3.63) is 42.0 Å². The maximum Gasteiger partial charge on any atom is 0.119 e. The van der Waals surface area contributed by atoms with E-state index in [0.29, 0.717) is 13.0 Å². The predicted molar refractivity (Wildman–Crippen MR) is 69.3 cm³/mol. The maximum absolute atomic E-state index is 9.52. The summed E-state index contributed by atoms with van der Waals surface area (Å²) in [7, 11) is 1.66. The summed E-state index contributed by atoms with van der Waals surface area (Å²) in [6.07, 6.45) is 0.129. The molecule has 0 aliphatic rings. The first-order chi connectivity index (χ1) is 8.22. The van der Waals surface area contributed by atoms with Crippen molar-refractivity contribution in [1.29, 1.82) is 0 Å². The molecule has 0 amide bonds. The average Bonchev–Trinajstić information content (AvgIpc) is 2.38. The number of fused-ring (bicyclic) bond motifs is 1. The zero-order valence-electron chi connectivity index (χ0n) is 9.89. The van der Waals surface area contributed by atoms with E-state index in [1.54, 1.807) is 7.11 Å². The Labute approximate surface area is 101 Å². The van der Waals surface area contributed by atoms with Gasteiger partial charge in [0.15, 0.2) is 0 Å². The molecular formula is C14H17NO2. The van der Waals surface area contributed by atoms with E-state index in [9.17, 15) is 5.11 Å². The van der Waals surface area contributed by atoms with Gasteiger partial charge in [0.2, 0.25) is 0 Å². The predicted octanol–water partition coefficient (Wildman–Crippen LogP) is 1.71. The molecule has 0 saturated heterocycles. The molecule has 0 aliphatic heterocycles. The van der Waals surface area contributed by atoms with Crippen LogP contribution in [0.4, 0.5) is 0 Å². The smallest absolute Gasteiger partial charge is 0.119 e. The standard InChI is InChI=1S/C14H17NO2/c1-17-14-5-4-11-6-10(7-13(16)9-15)2-3-12(11)8-14/h2-6,8,13,16H,7,9,15H2,1H3. The van der Waals surface area contributed by atoms with Crippen molar-refractivity contribution >= 4 is 10.8 Å². The van der Waals surface area contributed by atoms with Crippen LogP contribution in [0.2, 0.25) is 0 Å². The lowest BCUT2D eigenvalue weighted by atomic mass is 10.0. The van der Waals surface area contributed by atoms with Gasteiger partial charge in [-0.3, -0.25) is 0 Å². The SMILES string of the molecule is COc1ccc2cc(CC(O)CN)ccc2c1. The van der Waals surface area contributed by atoms with E-state index in [-0.39, 0.29) is 0 Å². The number of aliphatic hydroxyl groups is 1. The number of hydrogen-bond donors (Lipinski definition) is 2. The molecule has 2 rings (SSSR count). The first kappa shape index (κ1) is 11.9. The summed E-state index contributed by atoms with van der Waals surface area (Å²) in [5.41, 5.74) is 6.50. The van der Waals surface area contributed by atoms with E-state index < -0.39 is 6.10 Å². The van der Waals surface area contributed by atoms with Gasteiger partial charge in [-0.25, -0.2) is 0 Å². The fraction of sp³-hybridized carbons (Fsp3) is 0.286. The Hall–Kier alpha value is -1.58. The summed E-state index contributed by atoms with van der Waals surface area (Å²) < 4.78 is 5.18. The van der Waals surface area contributed by atoms with Gasteiger partial charge in [0.05, 0.1) is 13.2 Å². The van der Waals surface area contributed by atoms with Crippen LogP contribution in [-0.2, 0) is 6.42 Å². The first-order valence-electron chi connectivity index (χ1n) is 5.67. The monoisotopic (exact) mass is 231 g/mol. The number of aliphatic hydroxyl groups excluding tert-OH is 1. The number of ether oxygens (including phenoxy) is 1. The number of rotatable bonds is 4. The second-order valence-electron chi connectivity index (χ2n) is 4.14. The lowest BCUT2D eigenvalue weighted by molar-refractivity contribution is 0.183. The molecule has 0 saturated carbocycles. The third-order valence-electron chi connectivity index (χ3n) is 2.86. The Kier molecular flexibility index (Phi) is 3.61. The van der Waals surface area contributed by atoms with Gasteiger partial charge in [0, 0.05) is 6.54 Å². The van der Waals surface area contributed by atoms with E-state index >= 15 is 0 Å². The molecule has 2 aromatic rings. The lowest BCUT2D eigenvalue weighted by Crippen LogP contribution is -2.21. The summed E-state index contributed by atoms with van der Waals surface area (Å²) >= 11 is 0. The number of nitrogens with two attached hydrogens (primary N) is 1. The highest BCUT2D eigenvalue weighted by Gasteiger charge is 2.04. The third-order valence-corrected chi connectivity index (χ3v) is 2.86. The summed E-state index contributed by atoms with van der Waals surface area (Å²) in [4.78, 5) is 0. The Morgan fingerprint density at radius 3 is 2.59 bits per heavy atom. The highest BCUT2D eigenvalue weighted by atomic mass is 16.5. The van der Waals surface area contributed by atoms with Crippen LogP contribution >= 0.6 is 0 Å². The number of benzene rings is 2. The minimum atomic E-state index is -0.467. The minimum Gasteiger partial charge on any atom is -0.497 e. The number of methoxy groups -OCH3 is 1. The van der Waals surface area contributed by atoms with Crippen molar-refractivity contribution in [3.8, 4) is 5.75 Å². The summed E-state index contributed by atoms with van der Waals surface area (Å²) in [6, 6.07) is 12.1. The molecule has 3 nitrogen and oxygen atoms in total. The molecular weight excluding hydrogens is 214 g/mol. The van der Waals surface area contributed by atoms with Crippen molar-refractivity contribution in [1.82, 2.24) is 0 Å². The molecule has 3 N–H and O–H groups in total. The van der Waals surface area contributed by atoms with Crippen molar-refractivity contribution in [2.24, 2.45) is 5.73 Å². The van der Waals surface area contributed by atoms with Gasteiger partial charge >= 0.3 is 0 Å². The van der Waals surface area contributed by atoms with Crippen molar-refractivity contribution in [2.45, 2.75) is 12.5 Å². The fourth-order valence-corrected chi connectivity index (χ4v) is 1.88. The second kappa shape index (κ2) is 5.17. The Bertz CT molecular complexity index is 511. The van der Waals surface area contributed by atoms with Gasteiger partial charge < -0.3 is 15.6 Å². The fourth-order valence-electron chi connectivity index (χ4n) is 1.88. The van der Waals surface area contributed by atoms with Crippen LogP contribution in [0.25, 0.3) is 10.8 Å². The Morgan fingerprint density at radius 1 is 1.18 bits per heavy atom. The van der Waals surface area contributed by atoms with E-state index in [0.717, 1.165) is 22.1 Å². The average molecular weight is 231 g/mol. The van der Waals surface area contributed by atoms with Gasteiger partial charge in [0.1, 0.15) is 5.75 Å². The molecule has 0 fully saturated rings. The quantitative estimate of drug-likeness (QED) is 0.842. The third kappa shape index (κ3) is 2.75. The molecule has 0 radical (unpaired) electrons. The van der Waals surface area contributed by atoms with Crippen LogP contribution < -0.4 is 10.5 Å². The van der Waals surface area contributed by atoms with Crippen molar-refractivity contribution in [3.63, 3.8) is 0 Å². The molecule has 90 valence electrons. The largest absolute Gasteiger partial charge is 0.497 e. The number of hydrogen-bond acceptors (Lipinski definition) is 3. The molecule has 0 aromatic heterocycles. The van der Waals surface area contributed by atoms with Gasteiger partial charge in [-0.05, 0) is 34.9 Å². The highest BCUT2D eigenvalue weighted by molar-refractivity contribution is 5.84. The van der Waals surface area contributed by atoms with E-state index in [1.807, 2.05) is 30.3 Å². The molecule has 17 heavy (non-hydrogen) atoms. The molecule has 0 bridgehead atoms. The summed E-state index contributed by atoms with van der Waals surface area (Å²) in [5, 5.41) is 11.8. The van der Waals surface area contributed by atoms with Crippen LogP contribution in [0, 0.1) is 0 Å². The van der Waals surface area contributed by atoms with Gasteiger partial charge in [-0.1, -0.05) is 24.3 Å². The highest BCUT2D eigenvalue weighted by Crippen LogP contribution is 2.22. The summed E-state index contributed by atoms with van der Waals surface area (Å²) in [6.45, 7) is 0.292. The Balaban J connectivity index is 2.31. The van der Waals surface area contributed by atoms with E-state index in [2.05, 4.69) is 6.07 Å². The normalized spacial score (nSPS) is 12.6. The Morgan fingerprint density at radius 2 is 1.88 bits per heavy atom. The second-order valence-corrected chi connectivity index (χ2v) is 4.14. The van der Waals surface area contributed by atoms with Gasteiger partial charge in [-0.15, -0.1) is 0 Å². The molecule has 0 spiro atoms. The van der Waals surface area contributed by atoms with Gasteiger partial charge in [-0.2, -0.15) is 0 Å². The molecule has 1 unspecified atom stereocenters. The molecule has 0 aliphatic carbocycles. The van der Waals surface area contributed by atoms with Crippen LogP contribution in [0.3, 0.4) is 0 Å². The van der Waals surface area contributed by atoms with Crippen LogP contribution in [0.15, 0.2) is 36.4 Å². The van der Waals surface area contributed by atoms with E-state index in [4.69, 9.17) is 10.5 Å². The zero-order chi connectivity index (χ0) is 12.3. The minimum absolute atomic E-state index is 0.292. The molecule has 0 heterocycles. The van der Waals surface area contributed by atoms with Gasteiger partial charge in [0.25, 0.3) is 0 Å². The first-order valence-corrected chi connectivity index (χ1v) is 5.67. The molecule has 1 atom stereocenters. The summed E-state index contributed by atoms with van der Waals surface area (Å²) in [5.74, 6) is 0.854. The molecule has 3 heteroatoms. The topological polar surface area (TPSA) is 55.5 Å². The van der Waals surface area contributed by atoms with Crippen molar-refractivity contribution < 1.29 is 9.84 Å². The maximum atomic E-state index is 9.52.